The highest BCUT2D eigenvalue weighted by atomic mass is 16.3. The molecule has 0 bridgehead atoms. The fourth-order valence-electron chi connectivity index (χ4n) is 0.642. The number of carbonyl (C=O) groups excluding carboxylic acids is 1. The van der Waals surface area contributed by atoms with Gasteiger partial charge in [-0.05, 0) is 26.7 Å². The van der Waals surface area contributed by atoms with Crippen LogP contribution in [0.4, 0.5) is 0 Å². The maximum atomic E-state index is 10.5. The van der Waals surface area contributed by atoms with Gasteiger partial charge < -0.3 is 10.8 Å². The summed E-state index contributed by atoms with van der Waals surface area (Å²) < 4.78 is 0. The van der Waals surface area contributed by atoms with Crippen LogP contribution in [0.3, 0.4) is 0 Å². The van der Waals surface area contributed by atoms with Crippen molar-refractivity contribution in [2.45, 2.75) is 32.8 Å². The molecule has 3 N–H and O–H groups in total. The molecular weight excluding hydrogens is 142 g/mol. The average molecular weight is 157 g/mol. The summed E-state index contributed by atoms with van der Waals surface area (Å²) in [4.78, 5) is 10.5. The van der Waals surface area contributed by atoms with Gasteiger partial charge in [0, 0.05) is 5.57 Å². The van der Waals surface area contributed by atoms with Crippen molar-refractivity contribution in [2.75, 3.05) is 0 Å². The molecule has 1 unspecified atom stereocenters. The molecule has 0 spiro atoms. The van der Waals surface area contributed by atoms with Gasteiger partial charge in [0.15, 0.2) is 0 Å². The van der Waals surface area contributed by atoms with Gasteiger partial charge in [0.1, 0.15) is 0 Å². The van der Waals surface area contributed by atoms with Crippen LogP contribution in [0.2, 0.25) is 0 Å². The first kappa shape index (κ1) is 10.2. The Balaban J connectivity index is 3.65. The number of hydrogen-bond acceptors (Lipinski definition) is 2. The molecule has 0 rings (SSSR count). The lowest BCUT2D eigenvalue weighted by molar-refractivity contribution is -0.114. The molecule has 1 amide bonds. The van der Waals surface area contributed by atoms with Crippen LogP contribution in [-0.4, -0.2) is 17.1 Å². The van der Waals surface area contributed by atoms with Gasteiger partial charge in [0.2, 0.25) is 5.91 Å². The predicted molar refractivity (Wildman–Crippen MR) is 43.9 cm³/mol. The smallest absolute Gasteiger partial charge is 0.244 e. The molecule has 0 aromatic rings. The number of primary amides is 1. The standard InChI is InChI=1S/C8H15NO2/c1-6(8(9)11)4-3-5-7(2)10/h4,7,10H,3,5H2,1-2H3,(H2,9,11)/b6-4+. The van der Waals surface area contributed by atoms with Crippen LogP contribution in [0.5, 0.6) is 0 Å². The topological polar surface area (TPSA) is 63.3 Å². The van der Waals surface area contributed by atoms with Gasteiger partial charge in [-0.1, -0.05) is 6.08 Å². The maximum Gasteiger partial charge on any atom is 0.244 e. The Morgan fingerprint density at radius 1 is 1.73 bits per heavy atom. The summed E-state index contributed by atoms with van der Waals surface area (Å²) in [5, 5.41) is 8.86. The first-order chi connectivity index (χ1) is 5.04. The van der Waals surface area contributed by atoms with Crippen LogP contribution in [-0.2, 0) is 4.79 Å². The molecule has 0 heterocycles. The second-order valence-corrected chi connectivity index (χ2v) is 2.68. The third kappa shape index (κ3) is 5.61. The number of allylic oxidation sites excluding steroid dienone is 1. The van der Waals surface area contributed by atoms with Crippen molar-refractivity contribution in [1.82, 2.24) is 0 Å². The van der Waals surface area contributed by atoms with E-state index in [1.807, 2.05) is 0 Å². The van der Waals surface area contributed by atoms with E-state index in [0.717, 1.165) is 0 Å². The first-order valence-corrected chi connectivity index (χ1v) is 3.68. The molecule has 11 heavy (non-hydrogen) atoms. The van der Waals surface area contributed by atoms with Crippen LogP contribution >= 0.6 is 0 Å². The Morgan fingerprint density at radius 2 is 2.27 bits per heavy atom. The van der Waals surface area contributed by atoms with Crippen LogP contribution in [0.25, 0.3) is 0 Å². The van der Waals surface area contributed by atoms with Gasteiger partial charge >= 0.3 is 0 Å². The average Bonchev–Trinajstić information content (AvgIpc) is 1.86. The van der Waals surface area contributed by atoms with Crippen LogP contribution in [0.1, 0.15) is 26.7 Å². The lowest BCUT2D eigenvalue weighted by Crippen LogP contribution is -2.11. The Bertz CT molecular complexity index is 161. The predicted octanol–water partition coefficient (Wildman–Crippen LogP) is 0.579. The Labute approximate surface area is 66.9 Å². The van der Waals surface area contributed by atoms with Gasteiger partial charge in [-0.15, -0.1) is 0 Å². The molecule has 0 radical (unpaired) electrons. The first-order valence-electron chi connectivity index (χ1n) is 3.68. The van der Waals surface area contributed by atoms with Crippen LogP contribution in [0.15, 0.2) is 11.6 Å². The van der Waals surface area contributed by atoms with Crippen molar-refractivity contribution in [3.05, 3.63) is 11.6 Å². The molecule has 64 valence electrons. The molecule has 1 atom stereocenters. The Kier molecular flexibility index (Phi) is 4.54. The van der Waals surface area contributed by atoms with Crippen molar-refractivity contribution in [3.63, 3.8) is 0 Å². The van der Waals surface area contributed by atoms with Crippen molar-refractivity contribution in [1.29, 1.82) is 0 Å². The van der Waals surface area contributed by atoms with E-state index >= 15 is 0 Å². The summed E-state index contributed by atoms with van der Waals surface area (Å²) in [5.74, 6) is -0.393. The third-order valence-corrected chi connectivity index (χ3v) is 1.42. The minimum atomic E-state index is -0.393. The van der Waals surface area contributed by atoms with Gasteiger partial charge in [-0.3, -0.25) is 4.79 Å². The zero-order valence-corrected chi connectivity index (χ0v) is 7.00. The number of carbonyl (C=O) groups is 1. The second-order valence-electron chi connectivity index (χ2n) is 2.68. The number of aliphatic hydroxyl groups is 1. The monoisotopic (exact) mass is 157 g/mol. The van der Waals surface area contributed by atoms with E-state index < -0.39 is 5.91 Å². The Morgan fingerprint density at radius 3 is 2.64 bits per heavy atom. The second kappa shape index (κ2) is 4.91. The van der Waals surface area contributed by atoms with E-state index in [4.69, 9.17) is 10.8 Å². The zero-order valence-electron chi connectivity index (χ0n) is 7.00. The highest BCUT2D eigenvalue weighted by Gasteiger charge is 1.97. The summed E-state index contributed by atoms with van der Waals surface area (Å²) in [5.41, 5.74) is 5.54. The van der Waals surface area contributed by atoms with E-state index in [1.54, 1.807) is 19.9 Å². The summed E-state index contributed by atoms with van der Waals surface area (Å²) in [6.45, 7) is 3.39. The summed E-state index contributed by atoms with van der Waals surface area (Å²) in [6, 6.07) is 0. The van der Waals surface area contributed by atoms with Crippen molar-refractivity contribution in [2.24, 2.45) is 5.73 Å². The minimum Gasteiger partial charge on any atom is -0.393 e. The van der Waals surface area contributed by atoms with Crippen LogP contribution < -0.4 is 5.73 Å². The number of aliphatic hydroxyl groups excluding tert-OH is 1. The van der Waals surface area contributed by atoms with Gasteiger partial charge in [0.05, 0.1) is 6.10 Å². The van der Waals surface area contributed by atoms with E-state index in [9.17, 15) is 4.79 Å². The summed E-state index contributed by atoms with van der Waals surface area (Å²) >= 11 is 0. The number of rotatable bonds is 4. The Hall–Kier alpha value is -0.830. The molecular formula is C8H15NO2. The van der Waals surface area contributed by atoms with E-state index in [-0.39, 0.29) is 6.10 Å². The molecule has 0 aliphatic carbocycles. The molecule has 0 aliphatic heterocycles. The third-order valence-electron chi connectivity index (χ3n) is 1.42. The maximum absolute atomic E-state index is 10.5. The van der Waals surface area contributed by atoms with Gasteiger partial charge in [-0.2, -0.15) is 0 Å². The van der Waals surface area contributed by atoms with Gasteiger partial charge in [-0.25, -0.2) is 0 Å². The molecule has 0 aromatic heterocycles. The zero-order chi connectivity index (χ0) is 8.85. The normalized spacial score (nSPS) is 14.6. The highest BCUT2D eigenvalue weighted by Crippen LogP contribution is 2.00. The molecule has 0 fully saturated rings. The quantitative estimate of drug-likeness (QED) is 0.586. The van der Waals surface area contributed by atoms with E-state index in [0.29, 0.717) is 18.4 Å². The molecule has 0 aromatic carbocycles. The lowest BCUT2D eigenvalue weighted by atomic mass is 10.1. The minimum absolute atomic E-state index is 0.313. The molecule has 3 heteroatoms. The number of hydrogen-bond donors (Lipinski definition) is 2. The highest BCUT2D eigenvalue weighted by molar-refractivity contribution is 5.91. The summed E-state index contributed by atoms with van der Waals surface area (Å²) in [7, 11) is 0. The van der Waals surface area contributed by atoms with Crippen molar-refractivity contribution >= 4 is 5.91 Å². The fraction of sp³-hybridized carbons (Fsp3) is 0.625. The fourth-order valence-corrected chi connectivity index (χ4v) is 0.642. The molecule has 0 saturated carbocycles. The van der Waals surface area contributed by atoms with Crippen molar-refractivity contribution in [3.8, 4) is 0 Å². The number of amides is 1. The molecule has 0 saturated heterocycles. The lowest BCUT2D eigenvalue weighted by Gasteiger charge is -1.99. The van der Waals surface area contributed by atoms with Crippen molar-refractivity contribution < 1.29 is 9.90 Å². The molecule has 3 nitrogen and oxygen atoms in total. The van der Waals surface area contributed by atoms with E-state index in [1.165, 1.54) is 0 Å². The van der Waals surface area contributed by atoms with Gasteiger partial charge in [0.25, 0.3) is 0 Å². The molecule has 0 aliphatic rings. The van der Waals surface area contributed by atoms with Crippen LogP contribution in [0, 0.1) is 0 Å². The SMILES string of the molecule is C/C(=C\CCC(C)O)C(N)=O. The summed E-state index contributed by atoms with van der Waals surface area (Å²) in [6.07, 6.45) is 2.80. The largest absolute Gasteiger partial charge is 0.393 e. The number of nitrogens with two attached hydrogens (primary N) is 1. The van der Waals surface area contributed by atoms with E-state index in [2.05, 4.69) is 0 Å².